The van der Waals surface area contributed by atoms with Gasteiger partial charge in [-0.25, -0.2) is 4.39 Å². The number of amides is 2. The predicted octanol–water partition coefficient (Wildman–Crippen LogP) is 3.14. The molecule has 0 bridgehead atoms. The molecule has 0 saturated carbocycles. The molecule has 25 heavy (non-hydrogen) atoms. The van der Waals surface area contributed by atoms with Crippen molar-refractivity contribution in [2.24, 2.45) is 0 Å². The highest BCUT2D eigenvalue weighted by molar-refractivity contribution is 5.97. The molecule has 1 heterocycles. The fraction of sp³-hybridized carbons (Fsp3) is 0.263. The molecule has 3 rings (SSSR count). The monoisotopic (exact) mass is 342 g/mol. The zero-order chi connectivity index (χ0) is 17.8. The van der Waals surface area contributed by atoms with Gasteiger partial charge in [0.2, 0.25) is 11.8 Å². The van der Waals surface area contributed by atoms with E-state index in [2.05, 4.69) is 5.32 Å². The number of benzene rings is 2. The summed E-state index contributed by atoms with van der Waals surface area (Å²) in [6, 6.07) is 11.3. The van der Waals surface area contributed by atoms with Crippen molar-refractivity contribution in [3.05, 3.63) is 53.8 Å². The van der Waals surface area contributed by atoms with Crippen LogP contribution in [0.15, 0.2) is 42.5 Å². The van der Waals surface area contributed by atoms with Gasteiger partial charge in [0.15, 0.2) is 0 Å². The predicted molar refractivity (Wildman–Crippen MR) is 93.3 cm³/mol. The molecule has 0 atom stereocenters. The molecule has 0 unspecified atom stereocenters. The zero-order valence-corrected chi connectivity index (χ0v) is 13.9. The molecule has 5 nitrogen and oxygen atoms in total. The number of hydrogen-bond donors (Lipinski definition) is 1. The van der Waals surface area contributed by atoms with Crippen molar-refractivity contribution in [3.8, 4) is 5.75 Å². The second-order valence-corrected chi connectivity index (χ2v) is 5.91. The van der Waals surface area contributed by atoms with E-state index in [0.717, 1.165) is 5.56 Å². The van der Waals surface area contributed by atoms with Crippen LogP contribution in [-0.4, -0.2) is 25.5 Å². The van der Waals surface area contributed by atoms with E-state index >= 15 is 0 Å². The van der Waals surface area contributed by atoms with Crippen molar-refractivity contribution >= 4 is 23.2 Å². The van der Waals surface area contributed by atoms with Crippen LogP contribution in [-0.2, 0) is 16.0 Å². The number of anilines is 2. The van der Waals surface area contributed by atoms with E-state index < -0.39 is 0 Å². The number of nitrogens with one attached hydrogen (secondary N) is 1. The second kappa shape index (κ2) is 7.34. The van der Waals surface area contributed by atoms with Gasteiger partial charge in [0.05, 0.1) is 18.7 Å². The van der Waals surface area contributed by atoms with E-state index in [9.17, 15) is 14.0 Å². The summed E-state index contributed by atoms with van der Waals surface area (Å²) >= 11 is 0. The van der Waals surface area contributed by atoms with Crippen molar-refractivity contribution < 1.29 is 18.7 Å². The summed E-state index contributed by atoms with van der Waals surface area (Å²) in [6.07, 6.45) is 1.14. The van der Waals surface area contributed by atoms with Crippen LogP contribution < -0.4 is 15.0 Å². The van der Waals surface area contributed by atoms with Gasteiger partial charge < -0.3 is 15.0 Å². The standard InChI is InChI=1S/C19H19FN2O3/c1-22-16-12-15(7-8-17(16)25-11-10-19(22)24)21-18(23)9-4-13-2-5-14(20)6-3-13/h2-3,5-8,12H,4,9-11H2,1H3,(H,21,23). The van der Waals surface area contributed by atoms with Crippen LogP contribution in [0, 0.1) is 5.82 Å². The fourth-order valence-corrected chi connectivity index (χ4v) is 2.66. The van der Waals surface area contributed by atoms with E-state index in [1.165, 1.54) is 17.0 Å². The minimum Gasteiger partial charge on any atom is -0.491 e. The highest BCUT2D eigenvalue weighted by atomic mass is 19.1. The van der Waals surface area contributed by atoms with Gasteiger partial charge in [0, 0.05) is 19.2 Å². The maximum absolute atomic E-state index is 12.9. The minimum absolute atomic E-state index is 0.0291. The Morgan fingerprint density at radius 1 is 1.24 bits per heavy atom. The smallest absolute Gasteiger partial charge is 0.230 e. The number of ether oxygens (including phenoxy) is 1. The van der Waals surface area contributed by atoms with E-state index in [4.69, 9.17) is 4.74 Å². The zero-order valence-electron chi connectivity index (χ0n) is 13.9. The van der Waals surface area contributed by atoms with Gasteiger partial charge in [-0.05, 0) is 42.3 Å². The van der Waals surface area contributed by atoms with Crippen LogP contribution in [0.1, 0.15) is 18.4 Å². The molecule has 2 amide bonds. The first kappa shape index (κ1) is 17.0. The third-order valence-electron chi connectivity index (χ3n) is 4.11. The number of carbonyl (C=O) groups excluding carboxylic acids is 2. The van der Waals surface area contributed by atoms with Crippen LogP contribution in [0.3, 0.4) is 0 Å². The van der Waals surface area contributed by atoms with Crippen LogP contribution in [0.2, 0.25) is 0 Å². The number of fused-ring (bicyclic) bond motifs is 1. The molecule has 0 saturated heterocycles. The number of aryl methyl sites for hydroxylation is 1. The van der Waals surface area contributed by atoms with Crippen molar-refractivity contribution in [3.63, 3.8) is 0 Å². The SMILES string of the molecule is CN1C(=O)CCOc2ccc(NC(=O)CCc3ccc(F)cc3)cc21. The lowest BCUT2D eigenvalue weighted by Gasteiger charge is -2.17. The molecule has 0 spiro atoms. The molecule has 2 aromatic rings. The number of nitrogens with zero attached hydrogens (tertiary/aromatic N) is 1. The molecule has 0 fully saturated rings. The van der Waals surface area contributed by atoms with E-state index in [-0.39, 0.29) is 24.1 Å². The number of hydrogen-bond acceptors (Lipinski definition) is 3. The highest BCUT2D eigenvalue weighted by Gasteiger charge is 2.20. The van der Waals surface area contributed by atoms with Gasteiger partial charge in [0.1, 0.15) is 11.6 Å². The molecule has 0 aromatic heterocycles. The van der Waals surface area contributed by atoms with Crippen LogP contribution in [0.5, 0.6) is 5.75 Å². The van der Waals surface area contributed by atoms with Crippen molar-refractivity contribution in [1.29, 1.82) is 0 Å². The molecule has 130 valence electrons. The molecule has 6 heteroatoms. The topological polar surface area (TPSA) is 58.6 Å². The molecule has 2 aromatic carbocycles. The van der Waals surface area contributed by atoms with Gasteiger partial charge in [-0.3, -0.25) is 9.59 Å². The summed E-state index contributed by atoms with van der Waals surface area (Å²) in [4.78, 5) is 25.6. The first-order valence-electron chi connectivity index (χ1n) is 8.10. The number of rotatable bonds is 4. The maximum Gasteiger partial charge on any atom is 0.230 e. The molecule has 1 aliphatic heterocycles. The maximum atomic E-state index is 12.9. The van der Waals surface area contributed by atoms with Crippen molar-refractivity contribution in [1.82, 2.24) is 0 Å². The highest BCUT2D eigenvalue weighted by Crippen LogP contribution is 2.33. The third-order valence-corrected chi connectivity index (χ3v) is 4.11. The van der Waals surface area contributed by atoms with Crippen LogP contribution in [0.25, 0.3) is 0 Å². The van der Waals surface area contributed by atoms with E-state index in [0.29, 0.717) is 36.6 Å². The Labute approximate surface area is 145 Å². The quantitative estimate of drug-likeness (QED) is 0.929. The lowest BCUT2D eigenvalue weighted by molar-refractivity contribution is -0.118. The summed E-state index contributed by atoms with van der Waals surface area (Å²) in [7, 11) is 1.69. The van der Waals surface area contributed by atoms with Crippen LogP contribution in [0.4, 0.5) is 15.8 Å². The third kappa shape index (κ3) is 4.15. The molecule has 1 aliphatic rings. The summed E-state index contributed by atoms with van der Waals surface area (Å²) in [5, 5.41) is 2.82. The van der Waals surface area contributed by atoms with Crippen LogP contribution >= 0.6 is 0 Å². The molecule has 0 aliphatic carbocycles. The Balaban J connectivity index is 1.64. The van der Waals surface area contributed by atoms with Gasteiger partial charge >= 0.3 is 0 Å². The first-order chi connectivity index (χ1) is 12.0. The number of carbonyl (C=O) groups is 2. The Bertz CT molecular complexity index is 790. The van der Waals surface area contributed by atoms with E-state index in [1.807, 2.05) is 0 Å². The summed E-state index contributed by atoms with van der Waals surface area (Å²) in [5.74, 6) is 0.156. The summed E-state index contributed by atoms with van der Waals surface area (Å²) in [6.45, 7) is 0.347. The van der Waals surface area contributed by atoms with E-state index in [1.54, 1.807) is 37.4 Å². The molecular formula is C19H19FN2O3. The lowest BCUT2D eigenvalue weighted by atomic mass is 10.1. The molecule has 1 N–H and O–H groups in total. The fourth-order valence-electron chi connectivity index (χ4n) is 2.66. The summed E-state index contributed by atoms with van der Waals surface area (Å²) < 4.78 is 18.4. The first-order valence-corrected chi connectivity index (χ1v) is 8.10. The molecule has 0 radical (unpaired) electrons. The summed E-state index contributed by atoms with van der Waals surface area (Å²) in [5.41, 5.74) is 2.14. The largest absolute Gasteiger partial charge is 0.491 e. The minimum atomic E-state index is -0.293. The molecular weight excluding hydrogens is 323 g/mol. The van der Waals surface area contributed by atoms with Gasteiger partial charge in [-0.2, -0.15) is 0 Å². The Kier molecular flexibility index (Phi) is 4.97. The number of halogens is 1. The average molecular weight is 342 g/mol. The van der Waals surface area contributed by atoms with Gasteiger partial charge in [0.25, 0.3) is 0 Å². The van der Waals surface area contributed by atoms with Gasteiger partial charge in [-0.1, -0.05) is 12.1 Å². The normalized spacial score (nSPS) is 13.7. The lowest BCUT2D eigenvalue weighted by Crippen LogP contribution is -2.25. The van der Waals surface area contributed by atoms with Crippen molar-refractivity contribution in [2.75, 3.05) is 23.9 Å². The van der Waals surface area contributed by atoms with Gasteiger partial charge in [-0.15, -0.1) is 0 Å². The Morgan fingerprint density at radius 3 is 2.76 bits per heavy atom. The average Bonchev–Trinajstić information content (AvgIpc) is 2.74. The second-order valence-electron chi connectivity index (χ2n) is 5.91. The Hall–Kier alpha value is -2.89. The van der Waals surface area contributed by atoms with Crippen molar-refractivity contribution in [2.45, 2.75) is 19.3 Å². The Morgan fingerprint density at radius 2 is 2.00 bits per heavy atom.